The van der Waals surface area contributed by atoms with Gasteiger partial charge in [0.1, 0.15) is 0 Å². The molecule has 1 unspecified atom stereocenters. The summed E-state index contributed by atoms with van der Waals surface area (Å²) in [7, 11) is 2.27. The van der Waals surface area contributed by atoms with E-state index in [0.29, 0.717) is 11.5 Å². The number of nitrogens with one attached hydrogen (secondary N) is 1. The largest absolute Gasteiger partial charge is 0.314 e. The smallest absolute Gasteiger partial charge is 0.0128 e. The van der Waals surface area contributed by atoms with Crippen LogP contribution in [0.3, 0.4) is 0 Å². The van der Waals surface area contributed by atoms with Crippen LogP contribution in [0, 0.1) is 5.41 Å². The van der Waals surface area contributed by atoms with Crippen LogP contribution in [-0.2, 0) is 0 Å². The van der Waals surface area contributed by atoms with E-state index in [2.05, 4.69) is 58.8 Å². The lowest BCUT2D eigenvalue weighted by molar-refractivity contribution is 0.185. The van der Waals surface area contributed by atoms with Gasteiger partial charge >= 0.3 is 0 Å². The molecule has 17 heavy (non-hydrogen) atoms. The molecule has 2 nitrogen and oxygen atoms in total. The summed E-state index contributed by atoms with van der Waals surface area (Å²) in [6.07, 6.45) is 3.76. The average molecular weight is 242 g/mol. The highest BCUT2D eigenvalue weighted by molar-refractivity contribution is 4.81. The minimum atomic E-state index is 0.352. The van der Waals surface area contributed by atoms with E-state index < -0.39 is 0 Å². The molecule has 0 amide bonds. The third-order valence-corrected chi connectivity index (χ3v) is 3.83. The van der Waals surface area contributed by atoms with Crippen LogP contribution in [-0.4, -0.2) is 37.1 Å². The van der Waals surface area contributed by atoms with Gasteiger partial charge in [-0.3, -0.25) is 0 Å². The summed E-state index contributed by atoms with van der Waals surface area (Å²) in [6.45, 7) is 16.0. The van der Waals surface area contributed by atoms with E-state index >= 15 is 0 Å². The van der Waals surface area contributed by atoms with Crippen LogP contribution in [0.15, 0.2) is 0 Å². The van der Waals surface area contributed by atoms with Crippen molar-refractivity contribution < 1.29 is 0 Å². The van der Waals surface area contributed by atoms with Crippen LogP contribution in [0.2, 0.25) is 0 Å². The second-order valence-electron chi connectivity index (χ2n) is 6.22. The maximum Gasteiger partial charge on any atom is 0.0128 e. The Morgan fingerprint density at radius 2 is 1.59 bits per heavy atom. The predicted octanol–water partition coefficient (Wildman–Crippen LogP) is 3.52. The van der Waals surface area contributed by atoms with E-state index in [1.165, 1.54) is 25.8 Å². The highest BCUT2D eigenvalue weighted by Crippen LogP contribution is 2.22. The lowest BCUT2D eigenvalue weighted by Crippen LogP contribution is -2.43. The monoisotopic (exact) mass is 242 g/mol. The van der Waals surface area contributed by atoms with Gasteiger partial charge in [-0.05, 0) is 44.8 Å². The Hall–Kier alpha value is -0.0800. The van der Waals surface area contributed by atoms with Crippen molar-refractivity contribution >= 4 is 0 Å². The highest BCUT2D eigenvalue weighted by Gasteiger charge is 2.24. The number of hydrogen-bond acceptors (Lipinski definition) is 2. The van der Waals surface area contributed by atoms with E-state index in [4.69, 9.17) is 0 Å². The molecule has 0 aliphatic rings. The molecule has 0 aromatic heterocycles. The van der Waals surface area contributed by atoms with Gasteiger partial charge in [-0.25, -0.2) is 0 Å². The molecule has 0 heterocycles. The molecule has 1 atom stereocenters. The number of nitrogens with zero attached hydrogens (tertiary/aromatic N) is 1. The second kappa shape index (κ2) is 8.10. The van der Waals surface area contributed by atoms with Crippen molar-refractivity contribution in [2.75, 3.05) is 20.1 Å². The topological polar surface area (TPSA) is 15.3 Å². The van der Waals surface area contributed by atoms with Gasteiger partial charge < -0.3 is 10.2 Å². The second-order valence-corrected chi connectivity index (χ2v) is 6.22. The molecular weight excluding hydrogens is 208 g/mol. The summed E-state index contributed by atoms with van der Waals surface area (Å²) in [5.41, 5.74) is 0.352. The van der Waals surface area contributed by atoms with Crippen LogP contribution >= 0.6 is 0 Å². The van der Waals surface area contributed by atoms with Crippen LogP contribution in [0.25, 0.3) is 0 Å². The van der Waals surface area contributed by atoms with Gasteiger partial charge in [0.05, 0.1) is 0 Å². The summed E-state index contributed by atoms with van der Waals surface area (Å²) in [5, 5.41) is 3.63. The number of rotatable bonds is 8. The first-order chi connectivity index (χ1) is 7.86. The Morgan fingerprint density at radius 3 is 1.94 bits per heavy atom. The van der Waals surface area contributed by atoms with Crippen LogP contribution in [0.1, 0.15) is 60.8 Å². The lowest BCUT2D eigenvalue weighted by atomic mass is 9.84. The standard InChI is InChI=1S/C15H34N2/c1-8-13(9-2)17(7)12-11-14(16-10-3)15(4,5)6/h13-14,16H,8-12H2,1-7H3. The van der Waals surface area contributed by atoms with Crippen molar-refractivity contribution in [2.45, 2.75) is 72.9 Å². The first-order valence-electron chi connectivity index (χ1n) is 7.30. The molecular formula is C15H34N2. The maximum atomic E-state index is 3.63. The zero-order chi connectivity index (χ0) is 13.5. The molecule has 0 aromatic rings. The molecule has 104 valence electrons. The zero-order valence-electron chi connectivity index (χ0n) is 13.1. The first kappa shape index (κ1) is 16.9. The Morgan fingerprint density at radius 1 is 1.06 bits per heavy atom. The minimum Gasteiger partial charge on any atom is -0.314 e. The van der Waals surface area contributed by atoms with Crippen molar-refractivity contribution in [3.8, 4) is 0 Å². The van der Waals surface area contributed by atoms with Gasteiger partial charge in [0.15, 0.2) is 0 Å². The SMILES string of the molecule is CCNC(CCN(C)C(CC)CC)C(C)(C)C. The lowest BCUT2D eigenvalue weighted by Gasteiger charge is -2.34. The predicted molar refractivity (Wildman–Crippen MR) is 78.5 cm³/mol. The molecule has 0 aliphatic heterocycles. The summed E-state index contributed by atoms with van der Waals surface area (Å²) in [6, 6.07) is 1.36. The minimum absolute atomic E-state index is 0.352. The molecule has 0 spiro atoms. The van der Waals surface area contributed by atoms with Crippen molar-refractivity contribution in [1.82, 2.24) is 10.2 Å². The summed E-state index contributed by atoms with van der Waals surface area (Å²) < 4.78 is 0. The molecule has 0 rings (SSSR count). The Balaban J connectivity index is 4.21. The van der Waals surface area contributed by atoms with Gasteiger partial charge in [-0.1, -0.05) is 41.5 Å². The van der Waals surface area contributed by atoms with Crippen LogP contribution < -0.4 is 5.32 Å². The van der Waals surface area contributed by atoms with E-state index in [0.717, 1.165) is 12.6 Å². The molecule has 0 saturated heterocycles. The fraction of sp³-hybridized carbons (Fsp3) is 1.00. The molecule has 0 fully saturated rings. The highest BCUT2D eigenvalue weighted by atomic mass is 15.1. The van der Waals surface area contributed by atoms with Gasteiger partial charge in [-0.15, -0.1) is 0 Å². The third kappa shape index (κ3) is 6.42. The van der Waals surface area contributed by atoms with Crippen molar-refractivity contribution in [3.05, 3.63) is 0 Å². The summed E-state index contributed by atoms with van der Waals surface area (Å²) in [5.74, 6) is 0. The molecule has 0 aromatic carbocycles. The van der Waals surface area contributed by atoms with E-state index in [-0.39, 0.29) is 0 Å². The molecule has 1 N–H and O–H groups in total. The molecule has 0 aliphatic carbocycles. The molecule has 0 bridgehead atoms. The van der Waals surface area contributed by atoms with Crippen LogP contribution in [0.4, 0.5) is 0 Å². The van der Waals surface area contributed by atoms with Gasteiger partial charge in [0.25, 0.3) is 0 Å². The fourth-order valence-electron chi connectivity index (χ4n) is 2.51. The van der Waals surface area contributed by atoms with Crippen molar-refractivity contribution in [1.29, 1.82) is 0 Å². The first-order valence-corrected chi connectivity index (χ1v) is 7.30. The van der Waals surface area contributed by atoms with Gasteiger partial charge in [0.2, 0.25) is 0 Å². The Labute approximate surface area is 109 Å². The number of hydrogen-bond donors (Lipinski definition) is 1. The maximum absolute atomic E-state index is 3.63. The van der Waals surface area contributed by atoms with E-state index in [1.54, 1.807) is 0 Å². The molecule has 2 heteroatoms. The van der Waals surface area contributed by atoms with Crippen molar-refractivity contribution in [3.63, 3.8) is 0 Å². The zero-order valence-corrected chi connectivity index (χ0v) is 13.1. The van der Waals surface area contributed by atoms with Gasteiger partial charge in [-0.2, -0.15) is 0 Å². The third-order valence-electron chi connectivity index (χ3n) is 3.83. The van der Waals surface area contributed by atoms with Gasteiger partial charge in [0, 0.05) is 12.1 Å². The summed E-state index contributed by atoms with van der Waals surface area (Å²) in [4.78, 5) is 2.52. The van der Waals surface area contributed by atoms with Crippen molar-refractivity contribution in [2.24, 2.45) is 5.41 Å². The Bertz CT molecular complexity index is 180. The summed E-state index contributed by atoms with van der Waals surface area (Å²) >= 11 is 0. The molecule has 0 radical (unpaired) electrons. The van der Waals surface area contributed by atoms with Crippen LogP contribution in [0.5, 0.6) is 0 Å². The quantitative estimate of drug-likeness (QED) is 0.700. The molecule has 0 saturated carbocycles. The average Bonchev–Trinajstić information content (AvgIpc) is 2.24. The van der Waals surface area contributed by atoms with E-state index in [9.17, 15) is 0 Å². The fourth-order valence-corrected chi connectivity index (χ4v) is 2.51. The normalized spacial score (nSPS) is 14.6. The van der Waals surface area contributed by atoms with E-state index in [1.807, 2.05) is 0 Å². The Kier molecular flexibility index (Phi) is 8.06.